The van der Waals surface area contributed by atoms with Crippen LogP contribution in [0.5, 0.6) is 0 Å². The fourth-order valence-electron chi connectivity index (χ4n) is 1.20. The predicted octanol–water partition coefficient (Wildman–Crippen LogP) is -0.244. The molecule has 0 fully saturated rings. The van der Waals surface area contributed by atoms with Gasteiger partial charge < -0.3 is 10.1 Å². The maximum atomic E-state index is 12.0. The van der Waals surface area contributed by atoms with Crippen LogP contribution in [0.3, 0.4) is 0 Å². The molecule has 0 amide bonds. The molecule has 0 spiro atoms. The Morgan fingerprint density at radius 1 is 1.56 bits per heavy atom. The van der Waals surface area contributed by atoms with Gasteiger partial charge in [-0.2, -0.15) is 12.7 Å². The van der Waals surface area contributed by atoms with E-state index in [-0.39, 0.29) is 11.5 Å². The van der Waals surface area contributed by atoms with E-state index >= 15 is 0 Å². The maximum absolute atomic E-state index is 12.0. The molecule has 0 radical (unpaired) electrons. The van der Waals surface area contributed by atoms with Gasteiger partial charge in [0.25, 0.3) is 0 Å². The molecule has 1 rings (SSSR count). The molecule has 1 aromatic heterocycles. The fraction of sp³-hybridized carbons (Fsp3) is 0.556. The Bertz CT molecular complexity index is 535. The fourth-order valence-corrected chi connectivity index (χ4v) is 2.07. The number of carbonyl (C=O) groups excluding carboxylic acids is 1. The molecule has 0 bridgehead atoms. The molecule has 0 unspecified atom stereocenters. The minimum atomic E-state index is -3.78. The second-order valence-electron chi connectivity index (χ2n) is 3.57. The lowest BCUT2D eigenvalue weighted by Crippen LogP contribution is -2.30. The van der Waals surface area contributed by atoms with Gasteiger partial charge in [0.05, 0.1) is 7.11 Å². The molecule has 0 aromatic carbocycles. The van der Waals surface area contributed by atoms with Crippen LogP contribution in [0.15, 0.2) is 6.07 Å². The average Bonchev–Trinajstić information content (AvgIpc) is 2.73. The van der Waals surface area contributed by atoms with Gasteiger partial charge in [-0.15, -0.1) is 9.19 Å². The summed E-state index contributed by atoms with van der Waals surface area (Å²) in [6.07, 6.45) is 0. The van der Waals surface area contributed by atoms with Gasteiger partial charge in [-0.25, -0.2) is 4.79 Å². The van der Waals surface area contributed by atoms with Gasteiger partial charge >= 0.3 is 16.2 Å². The van der Waals surface area contributed by atoms with Crippen LogP contribution < -0.4 is 5.32 Å². The van der Waals surface area contributed by atoms with Crippen LogP contribution in [0.25, 0.3) is 0 Å². The number of nitrogens with zero attached hydrogens (tertiary/aromatic N) is 3. The summed E-state index contributed by atoms with van der Waals surface area (Å²) >= 11 is 0. The van der Waals surface area contributed by atoms with Crippen molar-refractivity contribution < 1.29 is 17.9 Å². The van der Waals surface area contributed by atoms with Crippen LogP contribution in [-0.2, 0) is 14.9 Å². The number of rotatable bonds is 5. The molecule has 18 heavy (non-hydrogen) atoms. The third-order valence-corrected chi connectivity index (χ3v) is 3.75. The monoisotopic (exact) mass is 276 g/mol. The van der Waals surface area contributed by atoms with Crippen molar-refractivity contribution in [2.75, 3.05) is 33.1 Å². The van der Waals surface area contributed by atoms with E-state index in [4.69, 9.17) is 0 Å². The summed E-state index contributed by atoms with van der Waals surface area (Å²) in [5.74, 6) is -0.478. The summed E-state index contributed by atoms with van der Waals surface area (Å²) < 4.78 is 30.2. The van der Waals surface area contributed by atoms with Gasteiger partial charge in [0, 0.05) is 26.7 Å². The predicted molar refractivity (Wildman–Crippen MR) is 65.7 cm³/mol. The van der Waals surface area contributed by atoms with Crippen molar-refractivity contribution in [2.24, 2.45) is 0 Å². The number of ether oxygens (including phenoxy) is 1. The molecule has 102 valence electrons. The van der Waals surface area contributed by atoms with Crippen molar-refractivity contribution in [1.29, 1.82) is 0 Å². The maximum Gasteiger partial charge on any atom is 0.358 e. The largest absolute Gasteiger partial charge is 0.464 e. The topological polar surface area (TPSA) is 93.5 Å². The zero-order valence-electron chi connectivity index (χ0n) is 10.7. The first kappa shape index (κ1) is 14.5. The van der Waals surface area contributed by atoms with Crippen molar-refractivity contribution in [1.82, 2.24) is 13.5 Å². The van der Waals surface area contributed by atoms with Gasteiger partial charge in [-0.1, -0.05) is 0 Å². The first-order chi connectivity index (χ1) is 8.34. The van der Waals surface area contributed by atoms with Gasteiger partial charge in [0.15, 0.2) is 5.69 Å². The van der Waals surface area contributed by atoms with Crippen molar-refractivity contribution >= 4 is 22.0 Å². The third-order valence-electron chi connectivity index (χ3n) is 2.11. The number of esters is 1. The highest BCUT2D eigenvalue weighted by atomic mass is 32.2. The highest BCUT2D eigenvalue weighted by Gasteiger charge is 2.24. The summed E-state index contributed by atoms with van der Waals surface area (Å²) in [7, 11) is 0.180. The summed E-state index contributed by atoms with van der Waals surface area (Å²) in [6.45, 7) is 2.30. The Morgan fingerprint density at radius 2 is 2.17 bits per heavy atom. The van der Waals surface area contributed by atoms with E-state index in [2.05, 4.69) is 15.2 Å². The zero-order chi connectivity index (χ0) is 13.9. The summed E-state index contributed by atoms with van der Waals surface area (Å²) in [6, 6.07) is 1.33. The molecule has 8 nitrogen and oxygen atoms in total. The third kappa shape index (κ3) is 2.62. The number of hydrogen-bond donors (Lipinski definition) is 1. The SMILES string of the molecule is CCNc1cc(C(=O)OC)nn1S(=O)(=O)N(C)C. The van der Waals surface area contributed by atoms with Crippen molar-refractivity contribution in [3.8, 4) is 0 Å². The molecule has 0 aliphatic carbocycles. The first-order valence-electron chi connectivity index (χ1n) is 5.19. The average molecular weight is 276 g/mol. The molecule has 1 N–H and O–H groups in total. The second kappa shape index (κ2) is 5.36. The quantitative estimate of drug-likeness (QED) is 0.746. The van der Waals surface area contributed by atoms with E-state index in [1.165, 1.54) is 27.3 Å². The Labute approximate surface area is 106 Å². The van der Waals surface area contributed by atoms with E-state index in [1.54, 1.807) is 6.92 Å². The van der Waals surface area contributed by atoms with E-state index in [9.17, 15) is 13.2 Å². The minimum Gasteiger partial charge on any atom is -0.464 e. The van der Waals surface area contributed by atoms with Crippen LogP contribution in [0, 0.1) is 0 Å². The van der Waals surface area contributed by atoms with Gasteiger partial charge in [-0.05, 0) is 6.92 Å². The molecule has 0 saturated carbocycles. The smallest absolute Gasteiger partial charge is 0.358 e. The molecule has 0 saturated heterocycles. The number of hydrogen-bond acceptors (Lipinski definition) is 6. The standard InChI is InChI=1S/C9H16N4O4S/c1-5-10-8-6-7(9(14)17-4)11-13(8)18(15,16)12(2)3/h6,10H,5H2,1-4H3. The Kier molecular flexibility index (Phi) is 4.30. The number of methoxy groups -OCH3 is 1. The second-order valence-corrected chi connectivity index (χ2v) is 5.54. The Balaban J connectivity index is 3.34. The van der Waals surface area contributed by atoms with E-state index < -0.39 is 16.2 Å². The number of nitrogens with one attached hydrogen (secondary N) is 1. The lowest BCUT2D eigenvalue weighted by Gasteiger charge is -2.13. The molecule has 0 aliphatic rings. The number of carbonyl (C=O) groups is 1. The van der Waals surface area contributed by atoms with E-state index in [1.807, 2.05) is 0 Å². The van der Waals surface area contributed by atoms with E-state index in [0.717, 1.165) is 8.39 Å². The van der Waals surface area contributed by atoms with Crippen LogP contribution >= 0.6 is 0 Å². The van der Waals surface area contributed by atoms with Gasteiger partial charge in [-0.3, -0.25) is 0 Å². The van der Waals surface area contributed by atoms with E-state index in [0.29, 0.717) is 6.54 Å². The summed E-state index contributed by atoms with van der Waals surface area (Å²) in [4.78, 5) is 11.3. The molecular formula is C9H16N4O4S. The Morgan fingerprint density at radius 3 is 2.61 bits per heavy atom. The number of aromatic nitrogens is 2. The van der Waals surface area contributed by atoms with Crippen LogP contribution in [0.2, 0.25) is 0 Å². The molecule has 1 heterocycles. The van der Waals surface area contributed by atoms with Crippen molar-refractivity contribution in [3.05, 3.63) is 11.8 Å². The zero-order valence-corrected chi connectivity index (χ0v) is 11.5. The summed E-state index contributed by atoms with van der Waals surface area (Å²) in [5, 5.41) is 6.57. The highest BCUT2D eigenvalue weighted by Crippen LogP contribution is 2.15. The molecule has 0 atom stereocenters. The van der Waals surface area contributed by atoms with Gasteiger partial charge in [0.1, 0.15) is 5.82 Å². The molecule has 0 aliphatic heterocycles. The van der Waals surface area contributed by atoms with Gasteiger partial charge in [0.2, 0.25) is 0 Å². The minimum absolute atomic E-state index is 0.0705. The summed E-state index contributed by atoms with van der Waals surface area (Å²) in [5.41, 5.74) is -0.0705. The lowest BCUT2D eigenvalue weighted by atomic mass is 10.4. The first-order valence-corrected chi connectivity index (χ1v) is 6.59. The highest BCUT2D eigenvalue weighted by molar-refractivity contribution is 7.87. The molecule has 1 aromatic rings. The lowest BCUT2D eigenvalue weighted by molar-refractivity contribution is 0.0593. The molecular weight excluding hydrogens is 260 g/mol. The molecule has 9 heteroatoms. The Hall–Kier alpha value is -1.61. The van der Waals surface area contributed by atoms with Crippen molar-refractivity contribution in [3.63, 3.8) is 0 Å². The van der Waals surface area contributed by atoms with Crippen LogP contribution in [0.1, 0.15) is 17.4 Å². The normalized spacial score (nSPS) is 11.6. The van der Waals surface area contributed by atoms with Crippen molar-refractivity contribution in [2.45, 2.75) is 6.92 Å². The number of anilines is 1. The van der Waals surface area contributed by atoms with Crippen LogP contribution in [0.4, 0.5) is 5.82 Å². The van der Waals surface area contributed by atoms with Crippen LogP contribution in [-0.4, -0.2) is 55.6 Å².